The summed E-state index contributed by atoms with van der Waals surface area (Å²) in [5, 5.41) is 21.3. The first-order valence-corrected chi connectivity index (χ1v) is 36.1. The summed E-state index contributed by atoms with van der Waals surface area (Å²) in [7, 11) is 0. The molecule has 14 heteroatoms. The number of carbonyl (C=O) groups is 4. The predicted octanol–water partition coefficient (Wildman–Crippen LogP) is 19.4. The first kappa shape index (κ1) is 71.3. The highest BCUT2D eigenvalue weighted by Crippen LogP contribution is 2.39. The predicted molar refractivity (Wildman–Crippen MR) is 411 cm³/mol. The fraction of sp³-hybridized carbons (Fsp3) is 0.295. The van der Waals surface area contributed by atoms with Gasteiger partial charge in [-0.15, -0.1) is 0 Å². The Morgan fingerprint density at radius 1 is 0.441 bits per heavy atom. The van der Waals surface area contributed by atoms with Crippen molar-refractivity contribution in [1.29, 1.82) is 0 Å². The molecule has 2 atom stereocenters. The average molecular weight is 1360 g/mol. The average Bonchev–Trinajstić information content (AvgIpc) is 1.52. The first-order valence-electron chi connectivity index (χ1n) is 36.1. The third-order valence-corrected chi connectivity index (χ3v) is 19.8. The number of nitrogens with zero attached hydrogens (tertiary/aromatic N) is 4. The van der Waals surface area contributed by atoms with Crippen LogP contribution in [0.5, 0.6) is 11.5 Å². The van der Waals surface area contributed by atoms with E-state index in [1.807, 2.05) is 172 Å². The second kappa shape index (κ2) is 33.3. The summed E-state index contributed by atoms with van der Waals surface area (Å²) in [6, 6.07) is 63.7. The first-order chi connectivity index (χ1) is 49.8. The minimum atomic E-state index is -1.01. The van der Waals surface area contributed by atoms with Crippen LogP contribution in [0, 0.1) is 25.7 Å². The molecule has 0 bridgehead atoms. The molecule has 2 unspecified atom stereocenters. The number of carboxylic acids is 1. The molecule has 2 heterocycles. The van der Waals surface area contributed by atoms with Gasteiger partial charge in [0.05, 0.1) is 43.3 Å². The minimum Gasteiger partial charge on any atom is -0.490 e. The monoisotopic (exact) mass is 1360 g/mol. The summed E-state index contributed by atoms with van der Waals surface area (Å²) in [5.74, 6) is -0.0712. The van der Waals surface area contributed by atoms with Crippen LogP contribution < -0.4 is 9.47 Å². The van der Waals surface area contributed by atoms with E-state index in [0.717, 1.165) is 163 Å². The number of benzene rings is 10. The summed E-state index contributed by atoms with van der Waals surface area (Å²) < 4.78 is 29.8. The number of aryl methyl sites for hydroxylation is 2. The van der Waals surface area contributed by atoms with Crippen LogP contribution in [-0.4, -0.2) is 95.4 Å². The van der Waals surface area contributed by atoms with Crippen LogP contribution >= 0.6 is 0 Å². The lowest BCUT2D eigenvalue weighted by atomic mass is 9.94. The summed E-state index contributed by atoms with van der Waals surface area (Å²) >= 11 is 0. The Labute approximate surface area is 596 Å². The van der Waals surface area contributed by atoms with E-state index >= 15 is 9.59 Å². The number of hydrogen-bond acceptors (Lipinski definition) is 11. The SMILES string of the molecule is CCCCC(CC)Cn1c2ccc(C(=O)c3c(OCCOCCOCCOc4ccc5ccccc5c4C(=O)c4ccc5c(c4)c4cc(C(=NOC(C)=O)c6ccccc6C)ccc4n5CC(CC)CCCC)ccc4ccccc34)cc2c2cc(C(=NCC(=O)O)c3ccccc3C)ccc21. The topological polar surface area (TPSA) is 169 Å². The number of unbranched alkanes of at least 4 members (excludes halogenated alkanes) is 2. The Morgan fingerprint density at radius 3 is 1.25 bits per heavy atom. The van der Waals surface area contributed by atoms with E-state index < -0.39 is 11.9 Å². The number of hydrogen-bond donors (Lipinski definition) is 1. The van der Waals surface area contributed by atoms with E-state index in [1.165, 1.54) is 6.92 Å². The maximum atomic E-state index is 15.3. The van der Waals surface area contributed by atoms with Gasteiger partial charge in [-0.1, -0.05) is 193 Å². The lowest BCUT2D eigenvalue weighted by Gasteiger charge is -2.18. The second-order valence-corrected chi connectivity index (χ2v) is 26.6. The highest BCUT2D eigenvalue weighted by molar-refractivity contribution is 6.24. The number of rotatable bonds is 34. The van der Waals surface area contributed by atoms with Crippen LogP contribution in [0.4, 0.5) is 0 Å². The van der Waals surface area contributed by atoms with Crippen molar-refractivity contribution in [2.45, 2.75) is 113 Å². The molecular formula is C88H90N4O10. The van der Waals surface area contributed by atoms with Crippen molar-refractivity contribution in [3.05, 3.63) is 250 Å². The fourth-order valence-corrected chi connectivity index (χ4v) is 14.3. The van der Waals surface area contributed by atoms with E-state index in [4.69, 9.17) is 23.8 Å². The molecule has 0 spiro atoms. The number of aliphatic imine (C=N–C) groups is 1. The van der Waals surface area contributed by atoms with Crippen LogP contribution in [-0.2, 0) is 37.0 Å². The Bertz CT molecular complexity index is 4810. The molecule has 14 nitrogen and oxygen atoms in total. The maximum Gasteiger partial charge on any atom is 0.332 e. The Kier molecular flexibility index (Phi) is 23.3. The van der Waals surface area contributed by atoms with Gasteiger partial charge in [0.1, 0.15) is 37.0 Å². The van der Waals surface area contributed by atoms with Crippen LogP contribution in [0.2, 0.25) is 0 Å². The van der Waals surface area contributed by atoms with Gasteiger partial charge in [0.2, 0.25) is 0 Å². The molecule has 12 aromatic rings. The van der Waals surface area contributed by atoms with Crippen molar-refractivity contribution >= 4 is 100 Å². The summed E-state index contributed by atoms with van der Waals surface area (Å²) in [6.45, 7) is 17.0. The van der Waals surface area contributed by atoms with Gasteiger partial charge >= 0.3 is 11.9 Å². The number of carboxylic acid groups (broad SMARTS) is 1. The van der Waals surface area contributed by atoms with E-state index in [0.29, 0.717) is 57.0 Å². The van der Waals surface area contributed by atoms with E-state index in [-0.39, 0.29) is 57.8 Å². The fourth-order valence-electron chi connectivity index (χ4n) is 14.3. The van der Waals surface area contributed by atoms with Crippen molar-refractivity contribution in [2.75, 3.05) is 46.2 Å². The van der Waals surface area contributed by atoms with Gasteiger partial charge in [-0.25, -0.2) is 4.79 Å². The zero-order valence-electron chi connectivity index (χ0n) is 59.6. The molecule has 102 heavy (non-hydrogen) atoms. The van der Waals surface area contributed by atoms with Crippen molar-refractivity contribution in [1.82, 2.24) is 9.13 Å². The maximum absolute atomic E-state index is 15.3. The third-order valence-electron chi connectivity index (χ3n) is 19.8. The zero-order chi connectivity index (χ0) is 71.2. The summed E-state index contributed by atoms with van der Waals surface area (Å²) in [6.07, 6.45) is 8.81. The number of ether oxygens (including phenoxy) is 4. The molecule has 522 valence electrons. The molecular weight excluding hydrogens is 1270 g/mol. The van der Waals surface area contributed by atoms with Gasteiger partial charge < -0.3 is 38.0 Å². The Balaban J connectivity index is 0.738. The quantitative estimate of drug-likeness (QED) is 0.0135. The summed E-state index contributed by atoms with van der Waals surface area (Å²) in [5.41, 5.74) is 12.5. The molecule has 0 saturated heterocycles. The van der Waals surface area contributed by atoms with Crippen LogP contribution in [0.25, 0.3) is 65.2 Å². The Hall–Kier alpha value is -10.5. The van der Waals surface area contributed by atoms with Gasteiger partial charge in [-0.2, -0.15) is 0 Å². The molecule has 0 saturated carbocycles. The molecule has 2 aromatic heterocycles. The number of aromatic nitrogens is 2. The molecule has 1 N–H and O–H groups in total. The Morgan fingerprint density at radius 2 is 0.833 bits per heavy atom. The molecule has 0 aliphatic carbocycles. The van der Waals surface area contributed by atoms with Crippen LogP contribution in [0.3, 0.4) is 0 Å². The normalized spacial score (nSPS) is 12.7. The number of fused-ring (bicyclic) bond motifs is 8. The third kappa shape index (κ3) is 15.8. The van der Waals surface area contributed by atoms with Crippen molar-refractivity contribution in [2.24, 2.45) is 22.0 Å². The van der Waals surface area contributed by atoms with Crippen molar-refractivity contribution in [3.8, 4) is 11.5 Å². The minimum absolute atomic E-state index is 0.172. The van der Waals surface area contributed by atoms with Gasteiger partial charge in [0.25, 0.3) is 0 Å². The molecule has 0 amide bonds. The molecule has 0 fully saturated rings. The highest BCUT2D eigenvalue weighted by Gasteiger charge is 2.26. The lowest BCUT2D eigenvalue weighted by molar-refractivity contribution is -0.141. The lowest BCUT2D eigenvalue weighted by Crippen LogP contribution is -2.15. The smallest absolute Gasteiger partial charge is 0.332 e. The molecule has 0 aliphatic rings. The largest absolute Gasteiger partial charge is 0.490 e. The number of ketones is 2. The van der Waals surface area contributed by atoms with E-state index in [1.54, 1.807) is 0 Å². The van der Waals surface area contributed by atoms with E-state index in [9.17, 15) is 14.7 Å². The van der Waals surface area contributed by atoms with Crippen LogP contribution in [0.1, 0.15) is 151 Å². The van der Waals surface area contributed by atoms with E-state index in [2.05, 4.69) is 83.4 Å². The van der Waals surface area contributed by atoms with Crippen LogP contribution in [0.15, 0.2) is 204 Å². The van der Waals surface area contributed by atoms with Gasteiger partial charge in [-0.05, 0) is 144 Å². The molecule has 0 radical (unpaired) electrons. The number of carbonyl (C=O) groups excluding carboxylic acids is 3. The van der Waals surface area contributed by atoms with Gasteiger partial charge in [-0.3, -0.25) is 19.4 Å². The number of aliphatic carboxylic acids is 1. The van der Waals surface area contributed by atoms with Gasteiger partial charge in [0, 0.05) is 97.0 Å². The van der Waals surface area contributed by atoms with Gasteiger partial charge in [0.15, 0.2) is 11.6 Å². The molecule has 10 aromatic carbocycles. The summed E-state index contributed by atoms with van der Waals surface area (Å²) in [4.78, 5) is 64.7. The highest BCUT2D eigenvalue weighted by atomic mass is 16.7. The molecule has 0 aliphatic heterocycles. The molecule has 12 rings (SSSR count). The standard InChI is InChI=1S/C88H90N4O10/c1-8-12-24-60(10-3)55-91-76-38-32-64(85(89-54-82(94)95)68-28-18-14-22-57(68)5)50-72(76)74-52-66(34-40-78(74)91)87(96)83-70-30-20-16-26-62(70)36-42-80(83)100-48-46-98-44-45-99-47-49-101-81-43-37-63-27-17-21-31-71(63)84(81)88(97)67-35-41-79-75(53-67)73-51-65(33-39-77(73)92(79)56-61(11-4)25-13-9-2)86(90-102-59(7)93)69-29-19-15-23-58(69)6/h14-23,26-43,50-53,60-61H,8-13,24-25,44-49,54-56H2,1-7H3,(H,94,95). The second-order valence-electron chi connectivity index (χ2n) is 26.6. The zero-order valence-corrected chi connectivity index (χ0v) is 59.6. The van der Waals surface area contributed by atoms with Crippen molar-refractivity contribution in [3.63, 3.8) is 0 Å². The number of oxime groups is 1. The van der Waals surface area contributed by atoms with Crippen molar-refractivity contribution < 1.29 is 48.1 Å².